The SMILES string of the molecule is COc1ccc(C2=NO[C@@H](CN(Cc3cccc(F)c3)C(=O)NC(C)(C)C)C2)cc1OC. The zero-order valence-corrected chi connectivity index (χ0v) is 19.1. The number of hydrogen-bond acceptors (Lipinski definition) is 5. The first kappa shape index (κ1) is 23.4. The predicted molar refractivity (Wildman–Crippen MR) is 121 cm³/mol. The lowest BCUT2D eigenvalue weighted by atomic mass is 10.0. The number of rotatable bonds is 7. The van der Waals surface area contributed by atoms with E-state index in [0.717, 1.165) is 11.3 Å². The van der Waals surface area contributed by atoms with Crippen molar-refractivity contribution in [1.82, 2.24) is 10.2 Å². The van der Waals surface area contributed by atoms with Crippen LogP contribution in [0.4, 0.5) is 9.18 Å². The fourth-order valence-corrected chi connectivity index (χ4v) is 3.43. The van der Waals surface area contributed by atoms with Gasteiger partial charge in [0.2, 0.25) is 0 Å². The van der Waals surface area contributed by atoms with Gasteiger partial charge in [0.1, 0.15) is 5.82 Å². The number of amides is 2. The van der Waals surface area contributed by atoms with Crippen molar-refractivity contribution in [2.75, 3.05) is 20.8 Å². The highest BCUT2D eigenvalue weighted by Crippen LogP contribution is 2.29. The lowest BCUT2D eigenvalue weighted by Crippen LogP contribution is -2.50. The molecule has 0 bridgehead atoms. The van der Waals surface area contributed by atoms with Crippen molar-refractivity contribution in [3.8, 4) is 11.5 Å². The smallest absolute Gasteiger partial charge is 0.318 e. The zero-order valence-electron chi connectivity index (χ0n) is 19.1. The molecule has 1 N–H and O–H groups in total. The Morgan fingerprint density at radius 2 is 1.94 bits per heavy atom. The molecule has 0 saturated heterocycles. The number of nitrogens with one attached hydrogen (secondary N) is 1. The summed E-state index contributed by atoms with van der Waals surface area (Å²) in [4.78, 5) is 20.2. The van der Waals surface area contributed by atoms with Gasteiger partial charge >= 0.3 is 6.03 Å². The summed E-state index contributed by atoms with van der Waals surface area (Å²) in [5, 5.41) is 7.20. The second-order valence-electron chi connectivity index (χ2n) is 8.73. The van der Waals surface area contributed by atoms with Gasteiger partial charge in [-0.2, -0.15) is 0 Å². The minimum atomic E-state index is -0.408. The summed E-state index contributed by atoms with van der Waals surface area (Å²) in [6, 6.07) is 11.5. The lowest BCUT2D eigenvalue weighted by molar-refractivity contribution is 0.0580. The van der Waals surface area contributed by atoms with Gasteiger partial charge < -0.3 is 24.5 Å². The maximum absolute atomic E-state index is 13.7. The molecule has 2 aromatic rings. The van der Waals surface area contributed by atoms with Crippen molar-refractivity contribution in [1.29, 1.82) is 0 Å². The number of nitrogens with zero attached hydrogens (tertiary/aromatic N) is 2. The van der Waals surface area contributed by atoms with E-state index in [1.54, 1.807) is 31.3 Å². The van der Waals surface area contributed by atoms with Crippen LogP contribution >= 0.6 is 0 Å². The summed E-state index contributed by atoms with van der Waals surface area (Å²) in [5.74, 6) is 0.899. The quantitative estimate of drug-likeness (QED) is 0.691. The molecule has 1 atom stereocenters. The second-order valence-corrected chi connectivity index (χ2v) is 8.73. The minimum Gasteiger partial charge on any atom is -0.493 e. The number of methoxy groups -OCH3 is 2. The summed E-state index contributed by atoms with van der Waals surface area (Å²) < 4.78 is 24.3. The summed E-state index contributed by atoms with van der Waals surface area (Å²) in [7, 11) is 3.16. The highest BCUT2D eigenvalue weighted by atomic mass is 19.1. The van der Waals surface area contributed by atoms with Crippen molar-refractivity contribution in [3.05, 3.63) is 59.4 Å². The van der Waals surface area contributed by atoms with Gasteiger partial charge in [0.05, 0.1) is 26.5 Å². The normalized spacial score (nSPS) is 15.6. The summed E-state index contributed by atoms with van der Waals surface area (Å²) in [6.07, 6.45) is 0.204. The first-order chi connectivity index (χ1) is 15.2. The second kappa shape index (κ2) is 9.89. The molecule has 1 aliphatic heterocycles. The Morgan fingerprint density at radius 1 is 1.19 bits per heavy atom. The molecule has 0 aromatic heterocycles. The van der Waals surface area contributed by atoms with E-state index in [-0.39, 0.29) is 24.5 Å². The van der Waals surface area contributed by atoms with E-state index in [4.69, 9.17) is 14.3 Å². The summed E-state index contributed by atoms with van der Waals surface area (Å²) in [6.45, 7) is 6.30. The Morgan fingerprint density at radius 3 is 2.59 bits per heavy atom. The zero-order chi connectivity index (χ0) is 23.3. The van der Waals surface area contributed by atoms with Gasteiger partial charge in [-0.15, -0.1) is 0 Å². The molecule has 0 unspecified atom stereocenters. The molecular weight excluding hydrogens is 413 g/mol. The van der Waals surface area contributed by atoms with E-state index >= 15 is 0 Å². The Bertz CT molecular complexity index is 987. The number of hydrogen-bond donors (Lipinski definition) is 1. The minimum absolute atomic E-state index is 0.245. The molecule has 8 heteroatoms. The van der Waals surface area contributed by atoms with Crippen LogP contribution in [-0.4, -0.2) is 49.0 Å². The van der Waals surface area contributed by atoms with Crippen LogP contribution in [0.15, 0.2) is 47.6 Å². The number of benzene rings is 2. The van der Waals surface area contributed by atoms with Gasteiger partial charge in [-0.25, -0.2) is 9.18 Å². The molecule has 0 saturated carbocycles. The predicted octanol–water partition coefficient (Wildman–Crippen LogP) is 4.35. The number of halogens is 1. The third-order valence-corrected chi connectivity index (χ3v) is 4.91. The van der Waals surface area contributed by atoms with Gasteiger partial charge in [0.25, 0.3) is 0 Å². The average molecular weight is 444 g/mol. The third kappa shape index (κ3) is 6.12. The number of carbonyl (C=O) groups excluding carboxylic acids is 1. The monoisotopic (exact) mass is 443 g/mol. The third-order valence-electron chi connectivity index (χ3n) is 4.91. The Hall–Kier alpha value is -3.29. The number of oxime groups is 1. The Kier molecular flexibility index (Phi) is 7.22. The van der Waals surface area contributed by atoms with E-state index in [9.17, 15) is 9.18 Å². The fraction of sp³-hybridized carbons (Fsp3) is 0.417. The maximum Gasteiger partial charge on any atom is 0.318 e. The molecule has 2 aromatic carbocycles. The van der Waals surface area contributed by atoms with Crippen LogP contribution in [-0.2, 0) is 11.4 Å². The maximum atomic E-state index is 13.7. The first-order valence-electron chi connectivity index (χ1n) is 10.4. The lowest BCUT2D eigenvalue weighted by Gasteiger charge is -2.29. The van der Waals surface area contributed by atoms with E-state index in [0.29, 0.717) is 30.0 Å². The van der Waals surface area contributed by atoms with Crippen molar-refractivity contribution < 1.29 is 23.5 Å². The van der Waals surface area contributed by atoms with Crippen LogP contribution in [0.25, 0.3) is 0 Å². The van der Waals surface area contributed by atoms with Gasteiger partial charge in [0, 0.05) is 24.1 Å². The summed E-state index contributed by atoms with van der Waals surface area (Å²) >= 11 is 0. The van der Waals surface area contributed by atoms with E-state index < -0.39 is 5.54 Å². The van der Waals surface area contributed by atoms with E-state index in [1.165, 1.54) is 12.1 Å². The highest BCUT2D eigenvalue weighted by molar-refractivity contribution is 6.01. The molecule has 3 rings (SSSR count). The number of carbonyl (C=O) groups is 1. The molecule has 0 fully saturated rings. The molecule has 32 heavy (non-hydrogen) atoms. The highest BCUT2D eigenvalue weighted by Gasteiger charge is 2.28. The first-order valence-corrected chi connectivity index (χ1v) is 10.4. The average Bonchev–Trinajstić information content (AvgIpc) is 3.20. The standard InChI is InChI=1S/C24H30FN3O4/c1-24(2,3)26-23(29)28(14-16-7-6-8-18(25)11-16)15-19-13-20(27-32-19)17-9-10-21(30-4)22(12-17)31-5/h6-12,19H,13-15H2,1-5H3,(H,26,29)/t19-/m1/s1. The van der Waals surface area contributed by atoms with Crippen molar-refractivity contribution >= 4 is 11.7 Å². The molecule has 7 nitrogen and oxygen atoms in total. The van der Waals surface area contributed by atoms with Crippen LogP contribution in [0, 0.1) is 5.82 Å². The Balaban J connectivity index is 1.72. The van der Waals surface area contributed by atoms with Gasteiger partial charge in [-0.1, -0.05) is 17.3 Å². The van der Waals surface area contributed by atoms with Crippen LogP contribution in [0.1, 0.15) is 38.3 Å². The molecule has 172 valence electrons. The fourth-order valence-electron chi connectivity index (χ4n) is 3.43. The molecule has 0 radical (unpaired) electrons. The molecule has 0 spiro atoms. The largest absolute Gasteiger partial charge is 0.493 e. The molecular formula is C24H30FN3O4. The van der Waals surface area contributed by atoms with E-state index in [1.807, 2.05) is 39.0 Å². The van der Waals surface area contributed by atoms with Crippen LogP contribution in [0.5, 0.6) is 11.5 Å². The van der Waals surface area contributed by atoms with Crippen LogP contribution in [0.3, 0.4) is 0 Å². The number of urea groups is 1. The topological polar surface area (TPSA) is 72.4 Å². The van der Waals surface area contributed by atoms with Crippen LogP contribution < -0.4 is 14.8 Å². The van der Waals surface area contributed by atoms with Gasteiger partial charge in [0.15, 0.2) is 17.6 Å². The molecule has 1 aliphatic rings. The van der Waals surface area contributed by atoms with Crippen molar-refractivity contribution in [3.63, 3.8) is 0 Å². The van der Waals surface area contributed by atoms with Gasteiger partial charge in [-0.05, 0) is 56.7 Å². The van der Waals surface area contributed by atoms with Crippen molar-refractivity contribution in [2.45, 2.75) is 45.4 Å². The van der Waals surface area contributed by atoms with E-state index in [2.05, 4.69) is 10.5 Å². The Labute approximate surface area is 188 Å². The molecule has 1 heterocycles. The summed E-state index contributed by atoms with van der Waals surface area (Å²) in [5.41, 5.74) is 1.92. The number of ether oxygens (including phenoxy) is 2. The van der Waals surface area contributed by atoms with Crippen molar-refractivity contribution in [2.24, 2.45) is 5.16 Å². The molecule has 2 amide bonds. The van der Waals surface area contributed by atoms with Crippen LogP contribution in [0.2, 0.25) is 0 Å². The molecule has 0 aliphatic carbocycles. The van der Waals surface area contributed by atoms with Gasteiger partial charge in [-0.3, -0.25) is 0 Å².